The van der Waals surface area contributed by atoms with E-state index >= 15 is 0 Å². The van der Waals surface area contributed by atoms with E-state index in [2.05, 4.69) is 23.3 Å². The Labute approximate surface area is 162 Å². The molecule has 0 aliphatic rings. The van der Waals surface area contributed by atoms with Crippen LogP contribution in [-0.2, 0) is 4.79 Å². The van der Waals surface area contributed by atoms with E-state index in [1.54, 1.807) is 6.20 Å². The number of thioether (sulfide) groups is 1. The second-order valence-corrected chi connectivity index (χ2v) is 7.37. The van der Waals surface area contributed by atoms with Crippen LogP contribution in [0.25, 0.3) is 5.69 Å². The van der Waals surface area contributed by atoms with Gasteiger partial charge in [-0.05, 0) is 49.2 Å². The number of benzene rings is 2. The van der Waals surface area contributed by atoms with Crippen molar-refractivity contribution in [2.45, 2.75) is 25.0 Å². The van der Waals surface area contributed by atoms with Crippen molar-refractivity contribution < 1.29 is 4.79 Å². The molecule has 0 spiro atoms. The van der Waals surface area contributed by atoms with Gasteiger partial charge in [0.05, 0.1) is 11.8 Å². The number of rotatable bonds is 6. The van der Waals surface area contributed by atoms with Crippen LogP contribution in [0.3, 0.4) is 0 Å². The summed E-state index contributed by atoms with van der Waals surface area (Å²) in [4.78, 5) is 16.7. The number of nitrogens with one attached hydrogen (secondary N) is 1. The molecule has 1 N–H and O–H groups in total. The molecule has 1 amide bonds. The van der Waals surface area contributed by atoms with E-state index in [-0.39, 0.29) is 11.9 Å². The van der Waals surface area contributed by atoms with Crippen LogP contribution in [0.1, 0.15) is 24.1 Å². The number of aromatic nitrogens is 2. The number of imidazole rings is 1. The van der Waals surface area contributed by atoms with Gasteiger partial charge in [0.1, 0.15) is 0 Å². The molecule has 3 aromatic rings. The van der Waals surface area contributed by atoms with Crippen molar-refractivity contribution in [1.29, 1.82) is 0 Å². The molecule has 1 aromatic heterocycles. The van der Waals surface area contributed by atoms with Gasteiger partial charge in [0, 0.05) is 23.1 Å². The lowest BCUT2D eigenvalue weighted by Gasteiger charge is -2.16. The number of nitrogens with zero attached hydrogens (tertiary/aromatic N) is 2. The molecule has 6 heteroatoms. The molecular formula is C20H20ClN3OS. The van der Waals surface area contributed by atoms with Crippen molar-refractivity contribution in [1.82, 2.24) is 14.9 Å². The summed E-state index contributed by atoms with van der Waals surface area (Å²) < 4.78 is 1.94. The zero-order valence-electron chi connectivity index (χ0n) is 14.6. The molecule has 1 atom stereocenters. The molecule has 3 rings (SSSR count). The number of hydrogen-bond donors (Lipinski definition) is 1. The van der Waals surface area contributed by atoms with Crippen LogP contribution in [0.15, 0.2) is 66.1 Å². The van der Waals surface area contributed by atoms with E-state index in [4.69, 9.17) is 11.6 Å². The Hall–Kier alpha value is -2.24. The molecule has 1 heterocycles. The SMILES string of the molecule is Cc1ccccc1C(C)NC(=O)CSc1nccn1-c1ccc(Cl)cc1. The summed E-state index contributed by atoms with van der Waals surface area (Å²) >= 11 is 7.35. The van der Waals surface area contributed by atoms with Crippen molar-refractivity contribution in [3.63, 3.8) is 0 Å². The second kappa shape index (κ2) is 8.43. The quantitative estimate of drug-likeness (QED) is 0.620. The molecule has 26 heavy (non-hydrogen) atoms. The monoisotopic (exact) mass is 385 g/mol. The van der Waals surface area contributed by atoms with Crippen LogP contribution in [0.2, 0.25) is 5.02 Å². The zero-order valence-corrected chi connectivity index (χ0v) is 16.2. The average Bonchev–Trinajstić information content (AvgIpc) is 3.09. The lowest BCUT2D eigenvalue weighted by molar-refractivity contribution is -0.119. The molecule has 0 saturated heterocycles. The van der Waals surface area contributed by atoms with Crippen LogP contribution in [0.5, 0.6) is 0 Å². The standard InChI is InChI=1S/C20H20ClN3OS/c1-14-5-3-4-6-18(14)15(2)23-19(25)13-26-20-22-11-12-24(20)17-9-7-16(21)8-10-17/h3-12,15H,13H2,1-2H3,(H,23,25). The average molecular weight is 386 g/mol. The van der Waals surface area contributed by atoms with Crippen molar-refractivity contribution in [3.8, 4) is 5.69 Å². The first kappa shape index (κ1) is 18.5. The maximum Gasteiger partial charge on any atom is 0.230 e. The first-order chi connectivity index (χ1) is 12.5. The summed E-state index contributed by atoms with van der Waals surface area (Å²) in [5.41, 5.74) is 3.27. The largest absolute Gasteiger partial charge is 0.349 e. The summed E-state index contributed by atoms with van der Waals surface area (Å²) in [6.45, 7) is 4.05. The van der Waals surface area contributed by atoms with Crippen molar-refractivity contribution >= 4 is 29.3 Å². The van der Waals surface area contributed by atoms with Gasteiger partial charge in [-0.25, -0.2) is 4.98 Å². The summed E-state index contributed by atoms with van der Waals surface area (Å²) in [6, 6.07) is 15.6. The van der Waals surface area contributed by atoms with Gasteiger partial charge in [-0.3, -0.25) is 9.36 Å². The molecule has 0 saturated carbocycles. The first-order valence-corrected chi connectivity index (χ1v) is 9.68. The fraction of sp³-hybridized carbons (Fsp3) is 0.200. The third-order valence-electron chi connectivity index (χ3n) is 4.08. The van der Waals surface area contributed by atoms with Gasteiger partial charge < -0.3 is 5.32 Å². The number of carbonyl (C=O) groups excluding carboxylic acids is 1. The molecular weight excluding hydrogens is 366 g/mol. The summed E-state index contributed by atoms with van der Waals surface area (Å²) in [5, 5.41) is 4.51. The minimum absolute atomic E-state index is 0.0172. The van der Waals surface area contributed by atoms with Gasteiger partial charge in [0.2, 0.25) is 5.91 Å². The number of carbonyl (C=O) groups is 1. The topological polar surface area (TPSA) is 46.9 Å². The fourth-order valence-electron chi connectivity index (χ4n) is 2.76. The second-order valence-electron chi connectivity index (χ2n) is 5.99. The van der Waals surface area contributed by atoms with Crippen LogP contribution < -0.4 is 5.32 Å². The lowest BCUT2D eigenvalue weighted by Crippen LogP contribution is -2.28. The summed E-state index contributed by atoms with van der Waals surface area (Å²) in [7, 11) is 0. The van der Waals surface area contributed by atoms with Crippen LogP contribution in [0, 0.1) is 6.92 Å². The summed E-state index contributed by atoms with van der Waals surface area (Å²) in [5.74, 6) is 0.289. The van der Waals surface area contributed by atoms with Crippen LogP contribution in [0.4, 0.5) is 0 Å². The fourth-order valence-corrected chi connectivity index (χ4v) is 3.67. The van der Waals surface area contributed by atoms with Crippen LogP contribution in [-0.4, -0.2) is 21.2 Å². The molecule has 0 aliphatic heterocycles. The molecule has 0 bridgehead atoms. The van der Waals surface area contributed by atoms with Crippen molar-refractivity contribution in [3.05, 3.63) is 77.1 Å². The number of aryl methyl sites for hydroxylation is 1. The van der Waals surface area contributed by atoms with Gasteiger partial charge in [-0.15, -0.1) is 0 Å². The highest BCUT2D eigenvalue weighted by Crippen LogP contribution is 2.22. The Balaban J connectivity index is 1.61. The number of halogens is 1. The van der Waals surface area contributed by atoms with Gasteiger partial charge in [0.25, 0.3) is 0 Å². The Kier molecular flexibility index (Phi) is 6.01. The molecule has 0 aliphatic carbocycles. The van der Waals surface area contributed by atoms with E-state index < -0.39 is 0 Å². The van der Waals surface area contributed by atoms with Gasteiger partial charge >= 0.3 is 0 Å². The smallest absolute Gasteiger partial charge is 0.230 e. The van der Waals surface area contributed by atoms with Gasteiger partial charge in [-0.1, -0.05) is 47.6 Å². The Morgan fingerprint density at radius 1 is 1.23 bits per heavy atom. The third kappa shape index (κ3) is 4.48. The Bertz CT molecular complexity index is 892. The molecule has 134 valence electrons. The van der Waals surface area contributed by atoms with E-state index in [0.717, 1.165) is 16.4 Å². The highest BCUT2D eigenvalue weighted by atomic mass is 35.5. The molecule has 4 nitrogen and oxygen atoms in total. The Morgan fingerprint density at radius 2 is 1.96 bits per heavy atom. The maximum absolute atomic E-state index is 12.3. The van der Waals surface area contributed by atoms with Crippen LogP contribution >= 0.6 is 23.4 Å². The predicted octanol–water partition coefficient (Wildman–Crippen LogP) is 4.80. The molecule has 1 unspecified atom stereocenters. The summed E-state index contributed by atoms with van der Waals surface area (Å²) in [6.07, 6.45) is 3.60. The van der Waals surface area contributed by atoms with Gasteiger partial charge in [0.15, 0.2) is 5.16 Å². The van der Waals surface area contributed by atoms with Gasteiger partial charge in [-0.2, -0.15) is 0 Å². The molecule has 2 aromatic carbocycles. The van der Waals surface area contributed by atoms with E-state index in [0.29, 0.717) is 10.8 Å². The number of amides is 1. The minimum Gasteiger partial charge on any atom is -0.349 e. The van der Waals surface area contributed by atoms with E-state index in [1.807, 2.05) is 60.2 Å². The Morgan fingerprint density at radius 3 is 2.69 bits per heavy atom. The zero-order chi connectivity index (χ0) is 18.5. The maximum atomic E-state index is 12.3. The van der Waals surface area contributed by atoms with E-state index in [9.17, 15) is 4.79 Å². The highest BCUT2D eigenvalue weighted by molar-refractivity contribution is 7.99. The minimum atomic E-state index is -0.0275. The molecule has 0 fully saturated rings. The normalized spacial score (nSPS) is 12.0. The third-order valence-corrected chi connectivity index (χ3v) is 5.30. The lowest BCUT2D eigenvalue weighted by atomic mass is 10.0. The van der Waals surface area contributed by atoms with Crippen molar-refractivity contribution in [2.75, 3.05) is 5.75 Å². The number of hydrogen-bond acceptors (Lipinski definition) is 3. The van der Waals surface area contributed by atoms with Crippen molar-refractivity contribution in [2.24, 2.45) is 0 Å². The predicted molar refractivity (Wildman–Crippen MR) is 107 cm³/mol. The first-order valence-electron chi connectivity index (χ1n) is 8.31. The van der Waals surface area contributed by atoms with E-state index in [1.165, 1.54) is 17.3 Å². The molecule has 0 radical (unpaired) electrons. The highest BCUT2D eigenvalue weighted by Gasteiger charge is 2.13.